The number of aliphatic hydroxyl groups is 1. The fraction of sp³-hybridized carbons (Fsp3) is 0.381. The third-order valence-electron chi connectivity index (χ3n) is 4.68. The van der Waals surface area contributed by atoms with E-state index in [1.807, 2.05) is 60.7 Å². The van der Waals surface area contributed by atoms with Crippen molar-refractivity contribution in [2.45, 2.75) is 48.0 Å². The molecule has 0 unspecified atom stereocenters. The second-order valence-corrected chi connectivity index (χ2v) is 7.89. The minimum atomic E-state index is -1.04. The molecule has 148 valence electrons. The van der Waals surface area contributed by atoms with Crippen LogP contribution in [0.2, 0.25) is 0 Å². The van der Waals surface area contributed by atoms with E-state index >= 15 is 0 Å². The lowest BCUT2D eigenvalue weighted by molar-refractivity contribution is -0.319. The summed E-state index contributed by atoms with van der Waals surface area (Å²) in [5.41, 5.74) is 0.256. The molecule has 6 nitrogen and oxygen atoms in total. The Morgan fingerprint density at radius 1 is 1.07 bits per heavy atom. The van der Waals surface area contributed by atoms with Crippen molar-refractivity contribution < 1.29 is 28.8 Å². The molecule has 2 saturated heterocycles. The van der Waals surface area contributed by atoms with Gasteiger partial charge < -0.3 is 24.1 Å². The minimum absolute atomic E-state index is 0.278. The van der Waals surface area contributed by atoms with Crippen LogP contribution in [0.3, 0.4) is 0 Å². The van der Waals surface area contributed by atoms with Crippen molar-refractivity contribution in [3.05, 3.63) is 66.2 Å². The fourth-order valence-electron chi connectivity index (χ4n) is 3.40. The third-order valence-corrected chi connectivity index (χ3v) is 5.84. The summed E-state index contributed by atoms with van der Waals surface area (Å²) in [6.07, 6.45) is -3.55. The molecule has 2 fully saturated rings. The number of fused-ring (bicyclic) bond motifs is 1. The molecule has 0 aromatic heterocycles. The summed E-state index contributed by atoms with van der Waals surface area (Å²) in [4.78, 5) is 12.6. The van der Waals surface area contributed by atoms with Gasteiger partial charge in [-0.25, -0.2) is 0 Å². The van der Waals surface area contributed by atoms with Gasteiger partial charge in [-0.1, -0.05) is 60.3 Å². The second kappa shape index (κ2) is 8.63. The zero-order valence-corrected chi connectivity index (χ0v) is 16.2. The average Bonchev–Trinajstić information content (AvgIpc) is 2.72. The molecule has 6 atom stereocenters. The van der Waals surface area contributed by atoms with Crippen LogP contribution in [-0.4, -0.2) is 47.5 Å². The van der Waals surface area contributed by atoms with Crippen molar-refractivity contribution in [3.8, 4) is 0 Å². The van der Waals surface area contributed by atoms with E-state index in [0.717, 1.165) is 10.5 Å². The van der Waals surface area contributed by atoms with Crippen LogP contribution in [0.5, 0.6) is 0 Å². The Bertz CT molecular complexity index is 786. The number of hydrogen-bond acceptors (Lipinski definition) is 7. The van der Waals surface area contributed by atoms with Gasteiger partial charge in [-0.2, -0.15) is 0 Å². The maximum atomic E-state index is 11.7. The highest BCUT2D eigenvalue weighted by Crippen LogP contribution is 2.39. The van der Waals surface area contributed by atoms with E-state index in [9.17, 15) is 9.90 Å². The van der Waals surface area contributed by atoms with E-state index in [-0.39, 0.29) is 6.61 Å². The number of ether oxygens (including phenoxy) is 4. The molecule has 0 aliphatic carbocycles. The summed E-state index contributed by atoms with van der Waals surface area (Å²) in [5.74, 6) is -0.473. The van der Waals surface area contributed by atoms with E-state index < -0.39 is 42.1 Å². The first-order valence-corrected chi connectivity index (χ1v) is 10.0. The topological polar surface area (TPSA) is 74.2 Å². The first-order chi connectivity index (χ1) is 13.6. The highest BCUT2D eigenvalue weighted by atomic mass is 32.2. The first-order valence-electron chi connectivity index (χ1n) is 9.16. The normalized spacial score (nSPS) is 32.4. The molecule has 4 rings (SSSR count). The molecule has 2 aliphatic heterocycles. The lowest BCUT2D eigenvalue weighted by Crippen LogP contribution is -2.62. The molecule has 2 aliphatic rings. The van der Waals surface area contributed by atoms with Gasteiger partial charge in [0.2, 0.25) is 0 Å². The number of aliphatic hydroxyl groups excluding tert-OH is 1. The Balaban J connectivity index is 1.54. The van der Waals surface area contributed by atoms with Crippen LogP contribution >= 0.6 is 11.8 Å². The predicted molar refractivity (Wildman–Crippen MR) is 103 cm³/mol. The maximum Gasteiger partial charge on any atom is 0.303 e. The first kappa shape index (κ1) is 19.4. The number of hydrogen-bond donors (Lipinski definition) is 1. The lowest BCUT2D eigenvalue weighted by Gasteiger charge is -2.47. The Kier molecular flexibility index (Phi) is 5.99. The molecular weight excluding hydrogens is 380 g/mol. The van der Waals surface area contributed by atoms with Gasteiger partial charge in [0.15, 0.2) is 12.4 Å². The lowest BCUT2D eigenvalue weighted by atomic mass is 9.98. The zero-order valence-electron chi connectivity index (χ0n) is 15.3. The summed E-state index contributed by atoms with van der Waals surface area (Å²) in [7, 11) is 0. The fourth-order valence-corrected chi connectivity index (χ4v) is 4.47. The highest BCUT2D eigenvalue weighted by molar-refractivity contribution is 7.99. The predicted octanol–water partition coefficient (Wildman–Crippen LogP) is 2.91. The molecule has 2 heterocycles. The van der Waals surface area contributed by atoms with Crippen LogP contribution in [0.4, 0.5) is 0 Å². The largest absolute Gasteiger partial charge is 0.457 e. The molecule has 0 spiro atoms. The summed E-state index contributed by atoms with van der Waals surface area (Å²) in [6, 6.07) is 19.2. The van der Waals surface area contributed by atoms with E-state index in [1.165, 1.54) is 18.7 Å². The van der Waals surface area contributed by atoms with Gasteiger partial charge in [-0.15, -0.1) is 0 Å². The monoisotopic (exact) mass is 402 g/mol. The van der Waals surface area contributed by atoms with Crippen molar-refractivity contribution in [1.82, 2.24) is 0 Å². The van der Waals surface area contributed by atoms with Gasteiger partial charge in [0.25, 0.3) is 0 Å². The number of thioether (sulfide) groups is 1. The molecule has 0 amide bonds. The molecule has 0 saturated carbocycles. The number of benzene rings is 2. The van der Waals surface area contributed by atoms with Crippen LogP contribution in [0, 0.1) is 0 Å². The van der Waals surface area contributed by atoms with Crippen LogP contribution < -0.4 is 0 Å². The Labute approximate surface area is 167 Å². The number of carbonyl (C=O) groups is 1. The molecule has 2 aromatic rings. The van der Waals surface area contributed by atoms with Crippen LogP contribution in [0.25, 0.3) is 0 Å². The molecule has 0 radical (unpaired) electrons. The molecule has 2 aromatic carbocycles. The quantitative estimate of drug-likeness (QED) is 0.788. The van der Waals surface area contributed by atoms with E-state index in [0.29, 0.717) is 0 Å². The average molecular weight is 402 g/mol. The Hall–Kier alpha value is -1.90. The smallest absolute Gasteiger partial charge is 0.303 e. The van der Waals surface area contributed by atoms with Crippen molar-refractivity contribution in [2.75, 3.05) is 6.61 Å². The zero-order chi connectivity index (χ0) is 19.5. The second-order valence-electron chi connectivity index (χ2n) is 6.72. The third kappa shape index (κ3) is 4.24. The standard InChI is InChI=1S/C21H22O6S/c1-13(22)25-19-17(23)21(28-15-10-6-3-7-11-15)26-16-12-24-20(27-18(16)19)14-8-4-2-5-9-14/h2-11,16-21,23H,12H2,1H3/t16-,17-,18-,19-,20-,21+/m1/s1. The summed E-state index contributed by atoms with van der Waals surface area (Å²) < 4.78 is 23.4. The van der Waals surface area contributed by atoms with Crippen molar-refractivity contribution in [3.63, 3.8) is 0 Å². The van der Waals surface area contributed by atoms with Gasteiger partial charge in [0.05, 0.1) is 6.61 Å². The molecule has 28 heavy (non-hydrogen) atoms. The van der Waals surface area contributed by atoms with Crippen molar-refractivity contribution in [1.29, 1.82) is 0 Å². The minimum Gasteiger partial charge on any atom is -0.457 e. The van der Waals surface area contributed by atoms with Gasteiger partial charge >= 0.3 is 5.97 Å². The van der Waals surface area contributed by atoms with Crippen molar-refractivity contribution >= 4 is 17.7 Å². The number of esters is 1. The molecule has 7 heteroatoms. The number of rotatable bonds is 4. The summed E-state index contributed by atoms with van der Waals surface area (Å²) in [5, 5.41) is 10.9. The molecule has 0 bridgehead atoms. The van der Waals surface area contributed by atoms with Crippen molar-refractivity contribution in [2.24, 2.45) is 0 Å². The van der Waals surface area contributed by atoms with Crippen LogP contribution in [0.15, 0.2) is 65.6 Å². The Morgan fingerprint density at radius 3 is 2.43 bits per heavy atom. The maximum absolute atomic E-state index is 11.7. The highest BCUT2D eigenvalue weighted by Gasteiger charge is 2.51. The van der Waals surface area contributed by atoms with Crippen LogP contribution in [0.1, 0.15) is 18.8 Å². The number of carbonyl (C=O) groups excluding carboxylic acids is 1. The van der Waals surface area contributed by atoms with E-state index in [4.69, 9.17) is 18.9 Å². The summed E-state index contributed by atoms with van der Waals surface area (Å²) >= 11 is 1.38. The SMILES string of the molecule is CC(=O)O[C@@H]1[C@@H](O)[C@H](Sc2ccccc2)O[C@@H]2CO[C@@H](c3ccccc3)O[C@@H]12. The van der Waals surface area contributed by atoms with Gasteiger partial charge in [0, 0.05) is 17.4 Å². The Morgan fingerprint density at radius 2 is 1.75 bits per heavy atom. The molecule has 1 N–H and O–H groups in total. The summed E-state index contributed by atoms with van der Waals surface area (Å²) in [6.45, 7) is 1.60. The van der Waals surface area contributed by atoms with E-state index in [1.54, 1.807) is 0 Å². The van der Waals surface area contributed by atoms with Gasteiger partial charge in [-0.3, -0.25) is 4.79 Å². The van der Waals surface area contributed by atoms with E-state index in [2.05, 4.69) is 0 Å². The van der Waals surface area contributed by atoms with Crippen LogP contribution in [-0.2, 0) is 23.7 Å². The van der Waals surface area contributed by atoms with Gasteiger partial charge in [-0.05, 0) is 12.1 Å². The molecular formula is C21H22O6S. The van der Waals surface area contributed by atoms with Gasteiger partial charge in [0.1, 0.15) is 23.7 Å².